The molecule has 0 spiro atoms. The van der Waals surface area contributed by atoms with Gasteiger partial charge in [0, 0.05) is 5.02 Å². The summed E-state index contributed by atoms with van der Waals surface area (Å²) in [6.07, 6.45) is 2.27. The van der Waals surface area contributed by atoms with E-state index in [0.29, 0.717) is 5.92 Å². The van der Waals surface area contributed by atoms with Crippen molar-refractivity contribution in [1.29, 1.82) is 0 Å². The first-order chi connectivity index (χ1) is 16.3. The third-order valence-electron chi connectivity index (χ3n) is 5.78. The van der Waals surface area contributed by atoms with Crippen LogP contribution >= 0.6 is 11.6 Å². The molecule has 4 aromatic rings. The quantitative estimate of drug-likeness (QED) is 0.264. The zero-order chi connectivity index (χ0) is 24.5. The van der Waals surface area contributed by atoms with Gasteiger partial charge in [-0.05, 0) is 77.1 Å². The summed E-state index contributed by atoms with van der Waals surface area (Å²) < 4.78 is 0. The fraction of sp³-hybridized carbons (Fsp3) is 0.273. The molecule has 0 atom stereocenters. The summed E-state index contributed by atoms with van der Waals surface area (Å²) in [6, 6.07) is 34.3. The van der Waals surface area contributed by atoms with Crippen LogP contribution in [0.3, 0.4) is 0 Å². The average Bonchev–Trinajstić information content (AvgIpc) is 2.81. The number of halogens is 1. The number of hydrogen-bond acceptors (Lipinski definition) is 0. The van der Waals surface area contributed by atoms with Gasteiger partial charge < -0.3 is 0 Å². The Morgan fingerprint density at radius 1 is 0.559 bits per heavy atom. The second kappa shape index (κ2) is 12.6. The van der Waals surface area contributed by atoms with Gasteiger partial charge in [0.15, 0.2) is 0 Å². The van der Waals surface area contributed by atoms with E-state index in [9.17, 15) is 0 Å². The van der Waals surface area contributed by atoms with Crippen LogP contribution in [0, 0.1) is 18.8 Å². The molecule has 4 rings (SSSR count). The first kappa shape index (κ1) is 25.8. The first-order valence-electron chi connectivity index (χ1n) is 12.3. The molecule has 0 aromatic heterocycles. The highest BCUT2D eigenvalue weighted by Crippen LogP contribution is 2.27. The minimum absolute atomic E-state index is 0.670. The molecule has 0 aliphatic heterocycles. The molecule has 0 heterocycles. The zero-order valence-electron chi connectivity index (χ0n) is 21.2. The van der Waals surface area contributed by atoms with Crippen LogP contribution in [0.15, 0.2) is 97.1 Å². The molecule has 176 valence electrons. The lowest BCUT2D eigenvalue weighted by Crippen LogP contribution is -1.96. The van der Waals surface area contributed by atoms with Crippen molar-refractivity contribution in [2.75, 3.05) is 0 Å². The van der Waals surface area contributed by atoms with Crippen LogP contribution in [0.4, 0.5) is 0 Å². The molecular weight excluding hydrogens is 432 g/mol. The van der Waals surface area contributed by atoms with Crippen LogP contribution in [-0.4, -0.2) is 0 Å². The van der Waals surface area contributed by atoms with Crippen LogP contribution in [0.2, 0.25) is 5.02 Å². The molecule has 34 heavy (non-hydrogen) atoms. The molecule has 0 unspecified atom stereocenters. The second-order valence-corrected chi connectivity index (χ2v) is 10.4. The van der Waals surface area contributed by atoms with E-state index in [1.807, 2.05) is 12.1 Å². The molecule has 0 saturated heterocycles. The molecule has 0 aliphatic carbocycles. The maximum absolute atomic E-state index is 5.92. The van der Waals surface area contributed by atoms with Crippen molar-refractivity contribution in [3.05, 3.63) is 119 Å². The van der Waals surface area contributed by atoms with Gasteiger partial charge in [-0.15, -0.1) is 0 Å². The average molecular weight is 469 g/mol. The van der Waals surface area contributed by atoms with Crippen LogP contribution in [-0.2, 0) is 12.8 Å². The molecule has 0 radical (unpaired) electrons. The monoisotopic (exact) mass is 468 g/mol. The highest BCUT2D eigenvalue weighted by molar-refractivity contribution is 6.30. The van der Waals surface area contributed by atoms with E-state index in [-0.39, 0.29) is 0 Å². The van der Waals surface area contributed by atoms with Crippen molar-refractivity contribution in [3.63, 3.8) is 0 Å². The maximum atomic E-state index is 5.92. The molecule has 0 N–H and O–H groups in total. The number of benzene rings is 4. The molecule has 0 nitrogen and oxygen atoms in total. The van der Waals surface area contributed by atoms with Gasteiger partial charge in [0.05, 0.1) is 0 Å². The van der Waals surface area contributed by atoms with E-state index < -0.39 is 0 Å². The molecule has 0 saturated carbocycles. The molecule has 0 bridgehead atoms. The highest BCUT2D eigenvalue weighted by atomic mass is 35.5. The maximum Gasteiger partial charge on any atom is 0.0406 e. The van der Waals surface area contributed by atoms with Crippen molar-refractivity contribution in [2.45, 2.75) is 47.5 Å². The minimum atomic E-state index is 0.670. The van der Waals surface area contributed by atoms with Crippen molar-refractivity contribution >= 4 is 11.6 Å². The van der Waals surface area contributed by atoms with Gasteiger partial charge >= 0.3 is 0 Å². The third kappa shape index (κ3) is 7.89. The molecule has 4 aromatic carbocycles. The van der Waals surface area contributed by atoms with Gasteiger partial charge in [0.1, 0.15) is 0 Å². The highest BCUT2D eigenvalue weighted by Gasteiger charge is 2.06. The molecule has 1 heteroatoms. The third-order valence-corrected chi connectivity index (χ3v) is 6.04. The van der Waals surface area contributed by atoms with E-state index >= 15 is 0 Å². The Hall–Kier alpha value is -2.83. The topological polar surface area (TPSA) is 0 Å². The molecule has 0 aliphatic rings. The fourth-order valence-corrected chi connectivity index (χ4v) is 4.23. The van der Waals surface area contributed by atoms with Crippen molar-refractivity contribution in [2.24, 2.45) is 11.8 Å². The fourth-order valence-electron chi connectivity index (χ4n) is 4.10. The van der Waals surface area contributed by atoms with Crippen LogP contribution in [0.25, 0.3) is 22.3 Å². The Labute approximate surface area is 211 Å². The van der Waals surface area contributed by atoms with Gasteiger partial charge in [-0.25, -0.2) is 0 Å². The van der Waals surface area contributed by atoms with Gasteiger partial charge in [-0.2, -0.15) is 0 Å². The predicted octanol–water partition coefficient (Wildman–Crippen LogP) is 10.1. The zero-order valence-corrected chi connectivity index (χ0v) is 21.9. The van der Waals surface area contributed by atoms with Crippen LogP contribution < -0.4 is 0 Å². The van der Waals surface area contributed by atoms with Crippen LogP contribution in [0.5, 0.6) is 0 Å². The van der Waals surface area contributed by atoms with E-state index in [1.54, 1.807) is 0 Å². The van der Waals surface area contributed by atoms with E-state index in [4.69, 9.17) is 11.6 Å². The van der Waals surface area contributed by atoms with Gasteiger partial charge in [0.2, 0.25) is 0 Å². The Morgan fingerprint density at radius 3 is 1.62 bits per heavy atom. The Morgan fingerprint density at radius 2 is 1.06 bits per heavy atom. The number of hydrogen-bond donors (Lipinski definition) is 0. The van der Waals surface area contributed by atoms with Gasteiger partial charge in [-0.3, -0.25) is 0 Å². The Kier molecular flexibility index (Phi) is 9.54. The summed E-state index contributed by atoms with van der Waals surface area (Å²) >= 11 is 5.92. The number of rotatable bonds is 6. The van der Waals surface area contributed by atoms with Crippen LogP contribution in [0.1, 0.15) is 44.4 Å². The summed E-state index contributed by atoms with van der Waals surface area (Å²) in [4.78, 5) is 0. The van der Waals surface area contributed by atoms with E-state index in [0.717, 1.165) is 23.8 Å². The normalized spacial score (nSPS) is 10.8. The molecular formula is C33H37Cl. The first-order valence-corrected chi connectivity index (χ1v) is 12.7. The largest absolute Gasteiger partial charge is 0.0843 e. The standard InChI is InChI=1S/C17H20.C16H17Cl/c1-13(2)12-15-6-10-17(11-7-15)16-8-4-14(3)5-9-16;1-12(2)11-14-5-3-4-6-16(14)13-7-9-15(17)10-8-13/h4-11,13H,12H2,1-3H3;3-10,12H,11H2,1-2H3. The Bertz CT molecular complexity index is 1130. The smallest absolute Gasteiger partial charge is 0.0406 e. The Balaban J connectivity index is 0.000000191. The predicted molar refractivity (Wildman–Crippen MR) is 151 cm³/mol. The SMILES string of the molecule is CC(C)Cc1ccccc1-c1ccc(Cl)cc1.Cc1ccc(-c2ccc(CC(C)C)cc2)cc1. The van der Waals surface area contributed by atoms with Gasteiger partial charge in [-0.1, -0.05) is 130 Å². The lowest BCUT2D eigenvalue weighted by atomic mass is 9.94. The summed E-state index contributed by atoms with van der Waals surface area (Å²) in [5, 5.41) is 0.787. The van der Waals surface area contributed by atoms with Crippen molar-refractivity contribution in [1.82, 2.24) is 0 Å². The molecule has 0 fully saturated rings. The summed E-state index contributed by atoms with van der Waals surface area (Å²) in [5.41, 5.74) is 9.30. The summed E-state index contributed by atoms with van der Waals surface area (Å²) in [7, 11) is 0. The van der Waals surface area contributed by atoms with Gasteiger partial charge in [0.25, 0.3) is 0 Å². The summed E-state index contributed by atoms with van der Waals surface area (Å²) in [6.45, 7) is 11.1. The van der Waals surface area contributed by atoms with Crippen molar-refractivity contribution < 1.29 is 0 Å². The second-order valence-electron chi connectivity index (χ2n) is 9.92. The minimum Gasteiger partial charge on any atom is -0.0843 e. The molecule has 0 amide bonds. The number of aryl methyl sites for hydroxylation is 1. The lowest BCUT2D eigenvalue weighted by molar-refractivity contribution is 0.647. The summed E-state index contributed by atoms with van der Waals surface area (Å²) in [5.74, 6) is 1.39. The van der Waals surface area contributed by atoms with E-state index in [1.165, 1.54) is 38.9 Å². The lowest BCUT2D eigenvalue weighted by Gasteiger charge is -2.11. The van der Waals surface area contributed by atoms with E-state index in [2.05, 4.69) is 120 Å². The van der Waals surface area contributed by atoms with Crippen molar-refractivity contribution in [3.8, 4) is 22.3 Å².